The predicted octanol–water partition coefficient (Wildman–Crippen LogP) is 1.54. The van der Waals surface area contributed by atoms with Gasteiger partial charge in [-0.1, -0.05) is 24.3 Å². The molecule has 0 spiro atoms. The minimum atomic E-state index is -0.165. The van der Waals surface area contributed by atoms with Crippen LogP contribution in [0.15, 0.2) is 24.3 Å². The van der Waals surface area contributed by atoms with Crippen LogP contribution in [0.5, 0.6) is 0 Å². The van der Waals surface area contributed by atoms with Crippen molar-refractivity contribution in [2.75, 3.05) is 26.2 Å². The van der Waals surface area contributed by atoms with Crippen molar-refractivity contribution in [3.05, 3.63) is 35.4 Å². The van der Waals surface area contributed by atoms with Crippen molar-refractivity contribution in [1.29, 1.82) is 0 Å². The van der Waals surface area contributed by atoms with Gasteiger partial charge in [0.15, 0.2) is 0 Å². The van der Waals surface area contributed by atoms with E-state index in [0.717, 1.165) is 37.8 Å². The molecule has 6 nitrogen and oxygen atoms in total. The first-order valence-corrected chi connectivity index (χ1v) is 9.64. The molecule has 3 N–H and O–H groups in total. The van der Waals surface area contributed by atoms with Crippen LogP contribution in [-0.4, -0.2) is 49.0 Å². The summed E-state index contributed by atoms with van der Waals surface area (Å²) in [7, 11) is 0. The zero-order valence-corrected chi connectivity index (χ0v) is 15.3. The number of carbonyl (C=O) groups excluding carboxylic acids is 2. The molecule has 26 heavy (non-hydrogen) atoms. The monoisotopic (exact) mass is 359 g/mol. The molecule has 2 heterocycles. The SMILES string of the molecule is NCCC(=O)NCC1CCCCN1C(=O)CC1OCCc2ccccc21. The molecule has 0 saturated carbocycles. The van der Waals surface area contributed by atoms with E-state index in [-0.39, 0.29) is 24.0 Å². The van der Waals surface area contributed by atoms with Gasteiger partial charge in [-0.2, -0.15) is 0 Å². The Kier molecular flexibility index (Phi) is 6.63. The molecule has 1 aromatic carbocycles. The van der Waals surface area contributed by atoms with Gasteiger partial charge in [-0.3, -0.25) is 9.59 Å². The van der Waals surface area contributed by atoms with E-state index < -0.39 is 0 Å². The number of rotatable bonds is 6. The van der Waals surface area contributed by atoms with E-state index in [4.69, 9.17) is 10.5 Å². The van der Waals surface area contributed by atoms with E-state index in [1.807, 2.05) is 17.0 Å². The summed E-state index contributed by atoms with van der Waals surface area (Å²) in [6.45, 7) is 2.27. The van der Waals surface area contributed by atoms with Crippen molar-refractivity contribution in [3.63, 3.8) is 0 Å². The van der Waals surface area contributed by atoms with E-state index in [1.54, 1.807) is 0 Å². The first-order valence-electron chi connectivity index (χ1n) is 9.64. The van der Waals surface area contributed by atoms with E-state index in [0.29, 0.717) is 32.5 Å². The summed E-state index contributed by atoms with van der Waals surface area (Å²) in [6, 6.07) is 8.28. The maximum absolute atomic E-state index is 13.0. The molecule has 6 heteroatoms. The molecule has 2 unspecified atom stereocenters. The topological polar surface area (TPSA) is 84.7 Å². The molecule has 1 saturated heterocycles. The Morgan fingerprint density at radius 3 is 2.96 bits per heavy atom. The lowest BCUT2D eigenvalue weighted by molar-refractivity contribution is -0.138. The molecular formula is C20H29N3O3. The fourth-order valence-corrected chi connectivity index (χ4v) is 3.91. The fourth-order valence-electron chi connectivity index (χ4n) is 3.91. The molecule has 2 atom stereocenters. The highest BCUT2D eigenvalue weighted by atomic mass is 16.5. The van der Waals surface area contributed by atoms with E-state index >= 15 is 0 Å². The number of amides is 2. The predicted molar refractivity (Wildman–Crippen MR) is 99.5 cm³/mol. The summed E-state index contributed by atoms with van der Waals surface area (Å²) in [5.74, 6) is 0.0690. The molecule has 0 aliphatic carbocycles. The molecule has 0 radical (unpaired) electrons. The summed E-state index contributed by atoms with van der Waals surface area (Å²) in [4.78, 5) is 26.6. The van der Waals surface area contributed by atoms with Crippen LogP contribution >= 0.6 is 0 Å². The number of likely N-dealkylation sites (tertiary alicyclic amines) is 1. The van der Waals surface area contributed by atoms with Gasteiger partial charge in [0.05, 0.1) is 19.1 Å². The first-order chi connectivity index (χ1) is 12.7. The van der Waals surface area contributed by atoms with Crippen LogP contribution in [0.4, 0.5) is 0 Å². The van der Waals surface area contributed by atoms with Crippen molar-refractivity contribution in [2.45, 2.75) is 50.7 Å². The number of piperidine rings is 1. The van der Waals surface area contributed by atoms with Crippen molar-refractivity contribution < 1.29 is 14.3 Å². The number of hydrogen-bond acceptors (Lipinski definition) is 4. The molecule has 0 bridgehead atoms. The highest BCUT2D eigenvalue weighted by Crippen LogP contribution is 2.31. The highest BCUT2D eigenvalue weighted by molar-refractivity contribution is 5.78. The normalized spacial score (nSPS) is 22.6. The molecule has 3 rings (SSSR count). The van der Waals surface area contributed by atoms with Gasteiger partial charge >= 0.3 is 0 Å². The van der Waals surface area contributed by atoms with E-state index in [1.165, 1.54) is 5.56 Å². The molecule has 2 amide bonds. The third-order valence-electron chi connectivity index (χ3n) is 5.31. The van der Waals surface area contributed by atoms with Crippen LogP contribution in [0.1, 0.15) is 49.3 Å². The minimum Gasteiger partial charge on any atom is -0.373 e. The van der Waals surface area contributed by atoms with Gasteiger partial charge in [0.2, 0.25) is 11.8 Å². The Morgan fingerprint density at radius 2 is 2.12 bits per heavy atom. The maximum atomic E-state index is 13.0. The Hall–Kier alpha value is -1.92. The lowest BCUT2D eigenvalue weighted by Gasteiger charge is -2.37. The number of nitrogens with two attached hydrogens (primary N) is 1. The number of nitrogens with zero attached hydrogens (tertiary/aromatic N) is 1. The van der Waals surface area contributed by atoms with Crippen molar-refractivity contribution in [2.24, 2.45) is 5.73 Å². The third-order valence-corrected chi connectivity index (χ3v) is 5.31. The minimum absolute atomic E-state index is 0.0463. The molecule has 142 valence electrons. The summed E-state index contributed by atoms with van der Waals surface area (Å²) >= 11 is 0. The Bertz CT molecular complexity index is 634. The second-order valence-corrected chi connectivity index (χ2v) is 7.09. The molecule has 1 aromatic rings. The zero-order chi connectivity index (χ0) is 18.4. The first kappa shape index (κ1) is 18.9. The number of benzene rings is 1. The second-order valence-electron chi connectivity index (χ2n) is 7.09. The molecule has 2 aliphatic heterocycles. The van der Waals surface area contributed by atoms with Gasteiger partial charge in [-0.25, -0.2) is 0 Å². The summed E-state index contributed by atoms with van der Waals surface area (Å²) in [5.41, 5.74) is 7.83. The molecule has 0 aromatic heterocycles. The van der Waals surface area contributed by atoms with Crippen LogP contribution in [0.3, 0.4) is 0 Å². The number of hydrogen-bond donors (Lipinski definition) is 2. The van der Waals surface area contributed by atoms with Gasteiger partial charge in [-0.15, -0.1) is 0 Å². The van der Waals surface area contributed by atoms with Gasteiger partial charge < -0.3 is 20.7 Å². The van der Waals surface area contributed by atoms with E-state index in [2.05, 4.69) is 17.4 Å². The number of nitrogens with one attached hydrogen (secondary N) is 1. The van der Waals surface area contributed by atoms with Crippen LogP contribution in [0, 0.1) is 0 Å². The molecular weight excluding hydrogens is 330 g/mol. The average Bonchev–Trinajstić information content (AvgIpc) is 2.67. The molecule has 2 aliphatic rings. The van der Waals surface area contributed by atoms with Gasteiger partial charge in [0, 0.05) is 32.1 Å². The molecule has 1 fully saturated rings. The fraction of sp³-hybridized carbons (Fsp3) is 0.600. The van der Waals surface area contributed by atoms with Crippen LogP contribution in [0.2, 0.25) is 0 Å². The summed E-state index contributed by atoms with van der Waals surface area (Å²) in [5, 5.41) is 2.91. The quantitative estimate of drug-likeness (QED) is 0.807. The standard InChI is InChI=1S/C20H29N3O3/c21-10-8-19(24)22-14-16-6-3-4-11-23(16)20(25)13-18-17-7-2-1-5-15(17)9-12-26-18/h1-2,5,7,16,18H,3-4,6,8-14,21H2,(H,22,24). The van der Waals surface area contributed by atoms with Crippen LogP contribution < -0.4 is 11.1 Å². The van der Waals surface area contributed by atoms with E-state index in [9.17, 15) is 9.59 Å². The largest absolute Gasteiger partial charge is 0.373 e. The Morgan fingerprint density at radius 1 is 1.27 bits per heavy atom. The van der Waals surface area contributed by atoms with Gasteiger partial charge in [-0.05, 0) is 36.8 Å². The van der Waals surface area contributed by atoms with Crippen LogP contribution in [-0.2, 0) is 20.7 Å². The average molecular weight is 359 g/mol. The Labute approximate surface area is 155 Å². The Balaban J connectivity index is 1.61. The number of fused-ring (bicyclic) bond motifs is 1. The van der Waals surface area contributed by atoms with Crippen molar-refractivity contribution in [1.82, 2.24) is 10.2 Å². The summed E-state index contributed by atoms with van der Waals surface area (Å²) in [6.07, 6.45) is 4.46. The second kappa shape index (κ2) is 9.14. The number of ether oxygens (including phenoxy) is 1. The lowest BCUT2D eigenvalue weighted by atomic mass is 9.94. The summed E-state index contributed by atoms with van der Waals surface area (Å²) < 4.78 is 5.90. The van der Waals surface area contributed by atoms with Crippen molar-refractivity contribution >= 4 is 11.8 Å². The zero-order valence-electron chi connectivity index (χ0n) is 15.3. The van der Waals surface area contributed by atoms with Gasteiger partial charge in [0.25, 0.3) is 0 Å². The van der Waals surface area contributed by atoms with Crippen LogP contribution in [0.25, 0.3) is 0 Å². The highest BCUT2D eigenvalue weighted by Gasteiger charge is 2.30. The van der Waals surface area contributed by atoms with Gasteiger partial charge in [0.1, 0.15) is 0 Å². The van der Waals surface area contributed by atoms with Crippen molar-refractivity contribution in [3.8, 4) is 0 Å². The lowest BCUT2D eigenvalue weighted by Crippen LogP contribution is -2.50. The third kappa shape index (κ3) is 4.62. The maximum Gasteiger partial charge on any atom is 0.225 e. The number of carbonyl (C=O) groups is 2. The smallest absolute Gasteiger partial charge is 0.225 e.